The van der Waals surface area contributed by atoms with Crippen LogP contribution in [0, 0.1) is 24.6 Å². The number of halogens is 1. The van der Waals surface area contributed by atoms with E-state index in [0.717, 1.165) is 23.0 Å². The number of benzene rings is 2. The van der Waals surface area contributed by atoms with Gasteiger partial charge in [0.05, 0.1) is 35.1 Å². The van der Waals surface area contributed by atoms with Gasteiger partial charge in [-0.25, -0.2) is 9.37 Å². The fourth-order valence-electron chi connectivity index (χ4n) is 5.09. The topological polar surface area (TPSA) is 58.4 Å². The van der Waals surface area contributed by atoms with Crippen LogP contribution in [0.15, 0.2) is 48.8 Å². The SMILES string of the molecule is Cc1ccc(F)c(C(=O)N2C[C@H]3C[C@@H](n4cnc5ccccc54)[C@H](O)C[C@H]3C2)c1. The van der Waals surface area contributed by atoms with Gasteiger partial charge in [0.1, 0.15) is 5.82 Å². The summed E-state index contributed by atoms with van der Waals surface area (Å²) in [4.78, 5) is 19.2. The quantitative estimate of drug-likeness (QED) is 0.724. The lowest BCUT2D eigenvalue weighted by atomic mass is 9.77. The summed E-state index contributed by atoms with van der Waals surface area (Å²) in [5.41, 5.74) is 2.94. The molecule has 0 unspecified atom stereocenters. The zero-order chi connectivity index (χ0) is 20.1. The van der Waals surface area contributed by atoms with Crippen molar-refractivity contribution in [2.45, 2.75) is 31.9 Å². The predicted molar refractivity (Wildman–Crippen MR) is 108 cm³/mol. The number of carbonyl (C=O) groups excluding carboxylic acids is 1. The second kappa shape index (κ2) is 6.95. The molecule has 4 atom stereocenters. The largest absolute Gasteiger partial charge is 0.391 e. The molecule has 6 heteroatoms. The van der Waals surface area contributed by atoms with Crippen molar-refractivity contribution in [1.82, 2.24) is 14.5 Å². The number of imidazole rings is 1. The van der Waals surface area contributed by atoms with Crippen molar-refractivity contribution in [3.05, 3.63) is 65.7 Å². The molecular weight excluding hydrogens is 369 g/mol. The van der Waals surface area contributed by atoms with Gasteiger partial charge in [0.15, 0.2) is 0 Å². The van der Waals surface area contributed by atoms with Gasteiger partial charge in [0, 0.05) is 13.1 Å². The molecule has 0 radical (unpaired) electrons. The molecule has 1 amide bonds. The van der Waals surface area contributed by atoms with E-state index in [1.165, 1.54) is 6.07 Å². The minimum Gasteiger partial charge on any atom is -0.391 e. The normalized spacial score (nSPS) is 26.7. The second-order valence-electron chi connectivity index (χ2n) is 8.46. The van der Waals surface area contributed by atoms with Crippen molar-refractivity contribution in [3.63, 3.8) is 0 Å². The highest BCUT2D eigenvalue weighted by molar-refractivity contribution is 5.95. The molecule has 1 aliphatic carbocycles. The number of fused-ring (bicyclic) bond motifs is 2. The molecule has 0 spiro atoms. The number of rotatable bonds is 2. The van der Waals surface area contributed by atoms with E-state index in [4.69, 9.17) is 0 Å². The van der Waals surface area contributed by atoms with Crippen molar-refractivity contribution in [2.75, 3.05) is 13.1 Å². The number of aliphatic hydroxyl groups excluding tert-OH is 1. The highest BCUT2D eigenvalue weighted by Crippen LogP contribution is 2.42. The van der Waals surface area contributed by atoms with Gasteiger partial charge in [0.25, 0.3) is 5.91 Å². The maximum atomic E-state index is 14.2. The molecule has 1 aliphatic heterocycles. The summed E-state index contributed by atoms with van der Waals surface area (Å²) in [6.07, 6.45) is 2.74. The molecule has 1 saturated carbocycles. The molecule has 2 fully saturated rings. The van der Waals surface area contributed by atoms with Crippen LogP contribution < -0.4 is 0 Å². The van der Waals surface area contributed by atoms with Crippen molar-refractivity contribution >= 4 is 16.9 Å². The van der Waals surface area contributed by atoms with E-state index in [-0.39, 0.29) is 23.4 Å². The van der Waals surface area contributed by atoms with Crippen LogP contribution in [0.1, 0.15) is 34.8 Å². The van der Waals surface area contributed by atoms with Gasteiger partial charge >= 0.3 is 0 Å². The third-order valence-corrected chi connectivity index (χ3v) is 6.59. The molecule has 5 rings (SSSR count). The van der Waals surface area contributed by atoms with Gasteiger partial charge in [0.2, 0.25) is 0 Å². The predicted octanol–water partition coefficient (Wildman–Crippen LogP) is 3.57. The third kappa shape index (κ3) is 3.12. The first kappa shape index (κ1) is 18.3. The van der Waals surface area contributed by atoms with Gasteiger partial charge in [-0.3, -0.25) is 4.79 Å². The number of carbonyl (C=O) groups is 1. The zero-order valence-electron chi connectivity index (χ0n) is 16.3. The fraction of sp³-hybridized carbons (Fsp3) is 0.391. The average molecular weight is 393 g/mol. The van der Waals surface area contributed by atoms with Crippen LogP contribution in [0.25, 0.3) is 11.0 Å². The van der Waals surface area contributed by atoms with Crippen molar-refractivity contribution in [1.29, 1.82) is 0 Å². The Balaban J connectivity index is 1.37. The van der Waals surface area contributed by atoms with Crippen molar-refractivity contribution < 1.29 is 14.3 Å². The number of aliphatic hydroxyl groups is 1. The Bertz CT molecular complexity index is 1080. The van der Waals surface area contributed by atoms with Crippen LogP contribution in [0.2, 0.25) is 0 Å². The van der Waals surface area contributed by atoms with E-state index in [0.29, 0.717) is 25.4 Å². The zero-order valence-corrected chi connectivity index (χ0v) is 16.3. The lowest BCUT2D eigenvalue weighted by molar-refractivity contribution is 0.0374. The van der Waals surface area contributed by atoms with E-state index < -0.39 is 11.9 Å². The standard InChI is InChI=1S/C23H24FN3O2/c1-14-6-7-18(24)17(8-14)23(29)26-11-15-9-21(22(28)10-16(15)12-26)27-13-25-19-4-2-3-5-20(19)27/h2-8,13,15-16,21-22,28H,9-12H2,1H3/t15-,16+,21-,22-/m1/s1. The van der Waals surface area contributed by atoms with Gasteiger partial charge in [-0.1, -0.05) is 23.8 Å². The summed E-state index contributed by atoms with van der Waals surface area (Å²) in [5, 5.41) is 10.9. The minimum absolute atomic E-state index is 0.0607. The van der Waals surface area contributed by atoms with Gasteiger partial charge < -0.3 is 14.6 Å². The number of likely N-dealkylation sites (tertiary alicyclic amines) is 1. The van der Waals surface area contributed by atoms with Crippen LogP contribution >= 0.6 is 0 Å². The Labute approximate surface area is 168 Å². The van der Waals surface area contributed by atoms with Crippen LogP contribution in [-0.2, 0) is 0 Å². The Morgan fingerprint density at radius 3 is 2.72 bits per heavy atom. The molecular formula is C23H24FN3O2. The van der Waals surface area contributed by atoms with Gasteiger partial charge in [-0.05, 0) is 55.9 Å². The van der Waals surface area contributed by atoms with E-state index in [9.17, 15) is 14.3 Å². The molecule has 1 saturated heterocycles. The fourth-order valence-corrected chi connectivity index (χ4v) is 5.09. The van der Waals surface area contributed by atoms with Gasteiger partial charge in [-0.2, -0.15) is 0 Å². The Morgan fingerprint density at radius 1 is 1.14 bits per heavy atom. The number of hydrogen-bond acceptors (Lipinski definition) is 3. The highest BCUT2D eigenvalue weighted by atomic mass is 19.1. The molecule has 2 aromatic carbocycles. The number of aryl methyl sites for hydroxylation is 1. The molecule has 0 bridgehead atoms. The molecule has 150 valence electrons. The van der Waals surface area contributed by atoms with E-state index >= 15 is 0 Å². The molecule has 3 aromatic rings. The number of nitrogens with zero attached hydrogens (tertiary/aromatic N) is 3. The Hall–Kier alpha value is -2.73. The number of para-hydroxylation sites is 2. The van der Waals surface area contributed by atoms with Crippen LogP contribution in [-0.4, -0.2) is 44.7 Å². The van der Waals surface area contributed by atoms with E-state index in [1.54, 1.807) is 23.4 Å². The second-order valence-corrected chi connectivity index (χ2v) is 8.46. The molecule has 2 aliphatic rings. The third-order valence-electron chi connectivity index (χ3n) is 6.59. The smallest absolute Gasteiger partial charge is 0.256 e. The highest BCUT2D eigenvalue weighted by Gasteiger charge is 2.44. The lowest BCUT2D eigenvalue weighted by Crippen LogP contribution is -2.36. The number of aromatic nitrogens is 2. The first-order valence-electron chi connectivity index (χ1n) is 10.2. The molecule has 1 N–H and O–H groups in total. The molecule has 2 heterocycles. The van der Waals surface area contributed by atoms with Crippen molar-refractivity contribution in [2.24, 2.45) is 11.8 Å². The Kier molecular flexibility index (Phi) is 4.39. The Morgan fingerprint density at radius 2 is 1.90 bits per heavy atom. The summed E-state index contributed by atoms with van der Waals surface area (Å²) in [6.45, 7) is 3.04. The summed E-state index contributed by atoms with van der Waals surface area (Å²) in [5.74, 6) is -0.188. The molecule has 1 aromatic heterocycles. The van der Waals surface area contributed by atoms with E-state index in [1.807, 2.05) is 31.2 Å². The van der Waals surface area contributed by atoms with Crippen LogP contribution in [0.3, 0.4) is 0 Å². The van der Waals surface area contributed by atoms with E-state index in [2.05, 4.69) is 9.55 Å². The maximum Gasteiger partial charge on any atom is 0.256 e. The van der Waals surface area contributed by atoms with Crippen molar-refractivity contribution in [3.8, 4) is 0 Å². The molecule has 29 heavy (non-hydrogen) atoms. The lowest BCUT2D eigenvalue weighted by Gasteiger charge is -2.36. The summed E-state index contributed by atoms with van der Waals surface area (Å²) >= 11 is 0. The average Bonchev–Trinajstić information content (AvgIpc) is 3.32. The first-order valence-corrected chi connectivity index (χ1v) is 10.2. The first-order chi connectivity index (χ1) is 14.0. The maximum absolute atomic E-state index is 14.2. The minimum atomic E-state index is -0.486. The molecule has 5 nitrogen and oxygen atoms in total. The van der Waals surface area contributed by atoms with Crippen LogP contribution in [0.5, 0.6) is 0 Å². The van der Waals surface area contributed by atoms with Gasteiger partial charge in [-0.15, -0.1) is 0 Å². The van der Waals surface area contributed by atoms with Crippen LogP contribution in [0.4, 0.5) is 4.39 Å². The summed E-state index contributed by atoms with van der Waals surface area (Å²) in [7, 11) is 0. The summed E-state index contributed by atoms with van der Waals surface area (Å²) < 4.78 is 16.3. The monoisotopic (exact) mass is 393 g/mol. The summed E-state index contributed by atoms with van der Waals surface area (Å²) in [6, 6.07) is 12.5. The number of hydrogen-bond donors (Lipinski definition) is 1. The number of amides is 1.